The molecule has 2 bridgehead atoms. The second-order valence-electron chi connectivity index (χ2n) is 9.56. The minimum Gasteiger partial charge on any atom is -0.508 e. The number of aromatic hydroxyl groups is 1. The Kier molecular flexibility index (Phi) is 11.5. The van der Waals surface area contributed by atoms with E-state index in [-0.39, 0.29) is 30.3 Å². The van der Waals surface area contributed by atoms with Crippen LogP contribution in [0.1, 0.15) is 32.3 Å². The van der Waals surface area contributed by atoms with E-state index in [2.05, 4.69) is 21.3 Å². The highest BCUT2D eigenvalue weighted by molar-refractivity contribution is 8.76. The molecule has 13 heteroatoms. The normalized spacial score (nSPS) is 26.9. The van der Waals surface area contributed by atoms with Gasteiger partial charge in [0, 0.05) is 17.9 Å². The number of phenols is 1. The molecule has 0 aromatic heterocycles. The topological polar surface area (TPSA) is 163 Å². The van der Waals surface area contributed by atoms with Gasteiger partial charge in [-0.1, -0.05) is 53.6 Å². The van der Waals surface area contributed by atoms with Gasteiger partial charge in [-0.15, -0.1) is 0 Å². The first-order chi connectivity index (χ1) is 18.6. The Morgan fingerprint density at radius 1 is 0.974 bits per heavy atom. The molecule has 2 heterocycles. The van der Waals surface area contributed by atoms with E-state index >= 15 is 0 Å². The fraction of sp³-hybridized carbons (Fsp3) is 0.500. The van der Waals surface area contributed by atoms with Crippen LogP contribution in [0.2, 0.25) is 0 Å². The van der Waals surface area contributed by atoms with Crippen molar-refractivity contribution in [2.24, 2.45) is 5.92 Å². The largest absolute Gasteiger partial charge is 0.508 e. The van der Waals surface area contributed by atoms with Crippen molar-refractivity contribution in [1.29, 1.82) is 0 Å². The summed E-state index contributed by atoms with van der Waals surface area (Å²) in [5, 5.41) is 20.3. The van der Waals surface area contributed by atoms with Gasteiger partial charge in [-0.3, -0.25) is 24.0 Å². The van der Waals surface area contributed by atoms with Crippen molar-refractivity contribution < 1.29 is 33.8 Å². The summed E-state index contributed by atoms with van der Waals surface area (Å²) in [4.78, 5) is 65.2. The SMILES string of the molecule is CC(C)[C@H]1NC(=O)C[C@H]2/C=C/CCSSCC(NC1=O)C(=O)N[C@H](Cc1ccc(O)cc1)C(=O)NCC(=O)O2. The minimum absolute atomic E-state index is 0.0537. The number of nitrogens with one attached hydrogen (secondary N) is 4. The van der Waals surface area contributed by atoms with Crippen molar-refractivity contribution in [3.63, 3.8) is 0 Å². The molecule has 39 heavy (non-hydrogen) atoms. The third-order valence-electron chi connectivity index (χ3n) is 6.02. The molecule has 4 amide bonds. The number of esters is 1. The smallest absolute Gasteiger partial charge is 0.326 e. The molecule has 2 aliphatic heterocycles. The highest BCUT2D eigenvalue weighted by atomic mass is 33.1. The van der Waals surface area contributed by atoms with Crippen LogP contribution in [0.15, 0.2) is 36.4 Å². The molecule has 3 rings (SSSR count). The summed E-state index contributed by atoms with van der Waals surface area (Å²) >= 11 is 0. The standard InChI is InChI=1S/C26H34N4O7S2/c1-15(2)23-26(36)29-20-14-39-38-10-4-3-5-18(12-21(32)30-23)37-22(33)13-27-24(34)19(28-25(20)35)11-16-6-8-17(31)9-7-16/h3,5-9,15,18-20,23,31H,4,10-14H2,1-2H3,(H,27,34)(H,28,35)(H,29,36)(H,30,32)/b5-3+/t18-,19-,20?,23-/m1/s1. The number of ether oxygens (including phenoxy) is 1. The molecule has 0 spiro atoms. The van der Waals surface area contributed by atoms with Gasteiger partial charge in [0.15, 0.2) is 0 Å². The molecule has 1 aromatic carbocycles. The Labute approximate surface area is 235 Å². The highest BCUT2D eigenvalue weighted by Gasteiger charge is 2.32. The number of carbonyl (C=O) groups is 5. The number of amides is 4. The Morgan fingerprint density at radius 3 is 2.44 bits per heavy atom. The molecule has 1 aromatic rings. The van der Waals surface area contributed by atoms with E-state index in [1.807, 2.05) is 6.08 Å². The summed E-state index contributed by atoms with van der Waals surface area (Å²) in [5.41, 5.74) is 0.662. The molecule has 0 saturated carbocycles. The van der Waals surface area contributed by atoms with Gasteiger partial charge in [0.05, 0.1) is 6.42 Å². The number of benzene rings is 1. The summed E-state index contributed by atoms with van der Waals surface area (Å²) in [5.74, 6) is -2.30. The van der Waals surface area contributed by atoms with Gasteiger partial charge in [0.2, 0.25) is 23.6 Å². The summed E-state index contributed by atoms with van der Waals surface area (Å²) in [6.07, 6.45) is 3.07. The van der Waals surface area contributed by atoms with Crippen LogP contribution >= 0.6 is 21.6 Å². The van der Waals surface area contributed by atoms with Crippen LogP contribution in [0.4, 0.5) is 0 Å². The average Bonchev–Trinajstić information content (AvgIpc) is 2.88. The zero-order valence-electron chi connectivity index (χ0n) is 21.8. The van der Waals surface area contributed by atoms with Crippen molar-refractivity contribution in [2.75, 3.05) is 18.1 Å². The molecule has 1 fully saturated rings. The Bertz CT molecular complexity index is 1080. The summed E-state index contributed by atoms with van der Waals surface area (Å²) in [6, 6.07) is 3.18. The molecule has 0 aliphatic carbocycles. The summed E-state index contributed by atoms with van der Waals surface area (Å²) in [6.45, 7) is 3.07. The lowest BCUT2D eigenvalue weighted by atomic mass is 10.0. The quantitative estimate of drug-likeness (QED) is 0.199. The second-order valence-corrected chi connectivity index (χ2v) is 12.2. The van der Waals surface area contributed by atoms with Gasteiger partial charge in [-0.2, -0.15) is 0 Å². The molecule has 11 nitrogen and oxygen atoms in total. The van der Waals surface area contributed by atoms with Gasteiger partial charge < -0.3 is 31.1 Å². The van der Waals surface area contributed by atoms with Gasteiger partial charge in [0.25, 0.3) is 0 Å². The molecule has 4 atom stereocenters. The van der Waals surface area contributed by atoms with E-state index in [0.29, 0.717) is 17.7 Å². The van der Waals surface area contributed by atoms with E-state index < -0.39 is 60.4 Å². The van der Waals surface area contributed by atoms with Crippen LogP contribution in [0.25, 0.3) is 0 Å². The van der Waals surface area contributed by atoms with Crippen molar-refractivity contribution in [2.45, 2.75) is 57.3 Å². The molecule has 0 radical (unpaired) electrons. The Morgan fingerprint density at radius 2 is 1.72 bits per heavy atom. The maximum Gasteiger partial charge on any atom is 0.326 e. The molecular formula is C26H34N4O7S2. The Balaban J connectivity index is 1.96. The van der Waals surface area contributed by atoms with E-state index in [4.69, 9.17) is 4.74 Å². The van der Waals surface area contributed by atoms with Crippen LogP contribution < -0.4 is 21.3 Å². The molecule has 2 aliphatic rings. The van der Waals surface area contributed by atoms with Crippen molar-refractivity contribution in [1.82, 2.24) is 21.3 Å². The fourth-order valence-corrected chi connectivity index (χ4v) is 6.08. The van der Waals surface area contributed by atoms with E-state index in [1.165, 1.54) is 33.7 Å². The third kappa shape index (κ3) is 9.81. The third-order valence-corrected chi connectivity index (χ3v) is 8.47. The first kappa shape index (κ1) is 30.4. The maximum absolute atomic E-state index is 13.4. The highest BCUT2D eigenvalue weighted by Crippen LogP contribution is 2.24. The first-order valence-corrected chi connectivity index (χ1v) is 15.2. The predicted octanol–water partition coefficient (Wildman–Crippen LogP) is 0.818. The number of hydrogen-bond donors (Lipinski definition) is 5. The number of rotatable bonds is 3. The van der Waals surface area contributed by atoms with E-state index in [9.17, 15) is 29.1 Å². The Hall–Kier alpha value is -3.19. The lowest BCUT2D eigenvalue weighted by Gasteiger charge is -2.27. The van der Waals surface area contributed by atoms with Gasteiger partial charge >= 0.3 is 5.97 Å². The second kappa shape index (κ2) is 14.8. The lowest BCUT2D eigenvalue weighted by molar-refractivity contribution is -0.148. The molecule has 5 N–H and O–H groups in total. The molecule has 1 unspecified atom stereocenters. The number of phenolic OH excluding ortho intramolecular Hbond substituents is 1. The lowest BCUT2D eigenvalue weighted by Crippen LogP contribution is -2.59. The van der Waals surface area contributed by atoms with Crippen LogP contribution in [0.5, 0.6) is 5.75 Å². The van der Waals surface area contributed by atoms with Crippen LogP contribution in [-0.2, 0) is 35.1 Å². The van der Waals surface area contributed by atoms with Crippen LogP contribution in [0, 0.1) is 5.92 Å². The maximum atomic E-state index is 13.4. The predicted molar refractivity (Wildman–Crippen MR) is 149 cm³/mol. The van der Waals surface area contributed by atoms with Gasteiger partial charge in [-0.05, 0) is 36.1 Å². The number of fused-ring (bicyclic) bond motifs is 7. The number of allylic oxidation sites excluding steroid dienone is 1. The van der Waals surface area contributed by atoms with Crippen molar-refractivity contribution >= 4 is 51.2 Å². The van der Waals surface area contributed by atoms with E-state index in [0.717, 1.165) is 0 Å². The average molecular weight is 579 g/mol. The van der Waals surface area contributed by atoms with Gasteiger partial charge in [0.1, 0.15) is 36.5 Å². The van der Waals surface area contributed by atoms with Crippen LogP contribution in [-0.4, -0.2) is 77.0 Å². The fourth-order valence-electron chi connectivity index (χ4n) is 3.92. The minimum atomic E-state index is -1.08. The first-order valence-electron chi connectivity index (χ1n) is 12.7. The zero-order valence-corrected chi connectivity index (χ0v) is 23.4. The zero-order chi connectivity index (χ0) is 28.4. The summed E-state index contributed by atoms with van der Waals surface area (Å²) in [7, 11) is 2.92. The number of hydrogen-bond acceptors (Lipinski definition) is 9. The molecule has 212 valence electrons. The van der Waals surface area contributed by atoms with Crippen LogP contribution in [0.3, 0.4) is 0 Å². The molecular weight excluding hydrogens is 544 g/mol. The monoisotopic (exact) mass is 578 g/mol. The van der Waals surface area contributed by atoms with E-state index in [1.54, 1.807) is 32.1 Å². The van der Waals surface area contributed by atoms with Gasteiger partial charge in [-0.25, -0.2) is 0 Å². The molecule has 1 saturated heterocycles. The summed E-state index contributed by atoms with van der Waals surface area (Å²) < 4.78 is 5.47. The van der Waals surface area contributed by atoms with Crippen molar-refractivity contribution in [3.05, 3.63) is 42.0 Å². The number of carbonyl (C=O) groups excluding carboxylic acids is 5. The van der Waals surface area contributed by atoms with Crippen molar-refractivity contribution in [3.8, 4) is 5.75 Å².